The lowest BCUT2D eigenvalue weighted by atomic mass is 9.90. The molecule has 2 aliphatic rings. The highest BCUT2D eigenvalue weighted by Crippen LogP contribution is 2.37. The summed E-state index contributed by atoms with van der Waals surface area (Å²) in [6, 6.07) is 8.99. The Bertz CT molecular complexity index is 740. The van der Waals surface area contributed by atoms with E-state index in [9.17, 15) is 0 Å². The zero-order valence-electron chi connectivity index (χ0n) is 15.8. The number of benzene rings is 1. The fourth-order valence-corrected chi connectivity index (χ4v) is 3.65. The molecule has 3 rings (SSSR count). The summed E-state index contributed by atoms with van der Waals surface area (Å²) in [5.74, 6) is 6.51. The number of nitrogens with two attached hydrogens (primary N) is 2. The van der Waals surface area contributed by atoms with E-state index in [4.69, 9.17) is 11.6 Å². The lowest BCUT2D eigenvalue weighted by Gasteiger charge is -2.39. The summed E-state index contributed by atoms with van der Waals surface area (Å²) in [4.78, 5) is 2.46. The molecule has 1 aromatic rings. The van der Waals surface area contributed by atoms with Crippen molar-refractivity contribution in [1.82, 2.24) is 9.91 Å². The van der Waals surface area contributed by atoms with Gasteiger partial charge in [0.05, 0.1) is 11.4 Å². The molecule has 25 heavy (non-hydrogen) atoms. The molecule has 0 amide bonds. The standard InChI is InChI=1S/C21H30N4/c1-14(2)24-13-16-9-5-6-10-17(16)20(22)21(25(23)15(3)4)18-11-7-8-12-19(18)24/h5-6,8-10,12,14-15H,7,11,13,22-23H2,1-4H3/b21-20-. The van der Waals surface area contributed by atoms with E-state index in [1.165, 1.54) is 16.8 Å². The van der Waals surface area contributed by atoms with Crippen LogP contribution in [0.5, 0.6) is 0 Å². The molecule has 4 heteroatoms. The lowest BCUT2D eigenvalue weighted by molar-refractivity contribution is 0.267. The van der Waals surface area contributed by atoms with Crippen LogP contribution < -0.4 is 11.6 Å². The summed E-state index contributed by atoms with van der Waals surface area (Å²) in [6.07, 6.45) is 6.49. The Morgan fingerprint density at radius 1 is 1.12 bits per heavy atom. The Morgan fingerprint density at radius 2 is 1.84 bits per heavy atom. The second-order valence-corrected chi connectivity index (χ2v) is 7.45. The molecule has 0 saturated heterocycles. The Labute approximate surface area is 151 Å². The molecule has 1 heterocycles. The number of allylic oxidation sites excluding steroid dienone is 3. The summed E-state index contributed by atoms with van der Waals surface area (Å²) < 4.78 is 0. The third kappa shape index (κ3) is 3.19. The second-order valence-electron chi connectivity index (χ2n) is 7.45. The van der Waals surface area contributed by atoms with E-state index < -0.39 is 0 Å². The molecule has 0 unspecified atom stereocenters. The van der Waals surface area contributed by atoms with Gasteiger partial charge in [-0.15, -0.1) is 0 Å². The first kappa shape index (κ1) is 17.6. The maximum Gasteiger partial charge on any atom is 0.0808 e. The number of hydrogen-bond donors (Lipinski definition) is 2. The predicted octanol–water partition coefficient (Wildman–Crippen LogP) is 3.73. The Morgan fingerprint density at radius 3 is 2.52 bits per heavy atom. The number of nitrogens with zero attached hydrogens (tertiary/aromatic N) is 2. The number of hydrogen-bond acceptors (Lipinski definition) is 4. The van der Waals surface area contributed by atoms with E-state index in [1.807, 2.05) is 5.01 Å². The third-order valence-electron chi connectivity index (χ3n) is 5.08. The smallest absolute Gasteiger partial charge is 0.0808 e. The van der Waals surface area contributed by atoms with Crippen LogP contribution in [0.4, 0.5) is 0 Å². The van der Waals surface area contributed by atoms with Gasteiger partial charge in [-0.1, -0.05) is 30.3 Å². The zero-order chi connectivity index (χ0) is 18.1. The van der Waals surface area contributed by atoms with Gasteiger partial charge in [-0.05, 0) is 52.2 Å². The summed E-state index contributed by atoms with van der Waals surface area (Å²) in [7, 11) is 0. The van der Waals surface area contributed by atoms with Crippen LogP contribution >= 0.6 is 0 Å². The molecule has 0 atom stereocenters. The van der Waals surface area contributed by atoms with Gasteiger partial charge in [0, 0.05) is 35.5 Å². The molecule has 0 spiro atoms. The van der Waals surface area contributed by atoms with Crippen LogP contribution in [0, 0.1) is 0 Å². The molecule has 1 aliphatic heterocycles. The minimum absolute atomic E-state index is 0.173. The minimum Gasteiger partial charge on any atom is -0.397 e. The highest BCUT2D eigenvalue weighted by atomic mass is 15.4. The van der Waals surface area contributed by atoms with Crippen LogP contribution in [0.25, 0.3) is 5.70 Å². The maximum absolute atomic E-state index is 6.71. The van der Waals surface area contributed by atoms with Gasteiger partial charge in [0.25, 0.3) is 0 Å². The molecule has 0 radical (unpaired) electrons. The average molecular weight is 338 g/mol. The topological polar surface area (TPSA) is 58.5 Å². The molecule has 0 saturated carbocycles. The molecule has 0 bridgehead atoms. The highest BCUT2D eigenvalue weighted by Gasteiger charge is 2.28. The van der Waals surface area contributed by atoms with Crippen molar-refractivity contribution in [2.24, 2.45) is 11.6 Å². The predicted molar refractivity (Wildman–Crippen MR) is 105 cm³/mol. The normalized spacial score (nSPS) is 20.5. The summed E-state index contributed by atoms with van der Waals surface area (Å²) in [5, 5.41) is 1.84. The van der Waals surface area contributed by atoms with E-state index in [-0.39, 0.29) is 6.04 Å². The van der Waals surface area contributed by atoms with Crippen LogP contribution in [-0.2, 0) is 6.54 Å². The molecule has 134 valence electrons. The molecule has 4 N–H and O–H groups in total. The quantitative estimate of drug-likeness (QED) is 0.651. The number of rotatable bonds is 3. The fourth-order valence-electron chi connectivity index (χ4n) is 3.65. The summed E-state index contributed by atoms with van der Waals surface area (Å²) in [6.45, 7) is 9.55. The second kappa shape index (κ2) is 6.96. The van der Waals surface area contributed by atoms with E-state index in [2.05, 4.69) is 69.0 Å². The van der Waals surface area contributed by atoms with Crippen molar-refractivity contribution in [3.63, 3.8) is 0 Å². The van der Waals surface area contributed by atoms with Gasteiger partial charge in [0.2, 0.25) is 0 Å². The van der Waals surface area contributed by atoms with E-state index in [0.717, 1.165) is 36.3 Å². The van der Waals surface area contributed by atoms with Crippen molar-refractivity contribution in [2.45, 2.75) is 59.2 Å². The fraction of sp³-hybridized carbons (Fsp3) is 0.429. The zero-order valence-corrected chi connectivity index (χ0v) is 15.8. The molecule has 1 aromatic carbocycles. The molecular formula is C21H30N4. The van der Waals surface area contributed by atoms with Crippen molar-refractivity contribution in [1.29, 1.82) is 0 Å². The van der Waals surface area contributed by atoms with Crippen molar-refractivity contribution in [3.05, 3.63) is 64.5 Å². The van der Waals surface area contributed by atoms with Gasteiger partial charge in [0.15, 0.2) is 0 Å². The van der Waals surface area contributed by atoms with E-state index >= 15 is 0 Å². The van der Waals surface area contributed by atoms with Crippen molar-refractivity contribution >= 4 is 5.70 Å². The average Bonchev–Trinajstić information content (AvgIpc) is 2.59. The lowest BCUT2D eigenvalue weighted by Crippen LogP contribution is -2.41. The van der Waals surface area contributed by atoms with Gasteiger partial charge in [-0.25, -0.2) is 5.84 Å². The van der Waals surface area contributed by atoms with Gasteiger partial charge >= 0.3 is 0 Å². The SMILES string of the molecule is CC(C)N1Cc2ccccc2/C(N)=C(/N(N)C(C)C)C2=C1C=CCC2. The Hall–Kier alpha value is -2.20. The first-order chi connectivity index (χ1) is 11.9. The minimum atomic E-state index is 0.173. The van der Waals surface area contributed by atoms with Gasteiger partial charge in [0.1, 0.15) is 0 Å². The summed E-state index contributed by atoms with van der Waals surface area (Å²) in [5.41, 5.74) is 13.3. The molecule has 1 aliphatic carbocycles. The van der Waals surface area contributed by atoms with Crippen LogP contribution in [-0.4, -0.2) is 22.0 Å². The largest absolute Gasteiger partial charge is 0.397 e. The van der Waals surface area contributed by atoms with Crippen LogP contribution in [0.15, 0.2) is 53.4 Å². The van der Waals surface area contributed by atoms with E-state index in [1.54, 1.807) is 0 Å². The third-order valence-corrected chi connectivity index (χ3v) is 5.08. The van der Waals surface area contributed by atoms with Gasteiger partial charge < -0.3 is 15.6 Å². The summed E-state index contributed by atoms with van der Waals surface area (Å²) >= 11 is 0. The van der Waals surface area contributed by atoms with Crippen LogP contribution in [0.2, 0.25) is 0 Å². The van der Waals surface area contributed by atoms with Gasteiger partial charge in [-0.2, -0.15) is 0 Å². The van der Waals surface area contributed by atoms with Crippen LogP contribution in [0.1, 0.15) is 51.7 Å². The van der Waals surface area contributed by atoms with Crippen LogP contribution in [0.3, 0.4) is 0 Å². The highest BCUT2D eigenvalue weighted by molar-refractivity contribution is 5.73. The maximum atomic E-state index is 6.71. The molecular weight excluding hydrogens is 308 g/mol. The van der Waals surface area contributed by atoms with Crippen molar-refractivity contribution < 1.29 is 0 Å². The molecule has 4 nitrogen and oxygen atoms in total. The number of hydrazine groups is 1. The first-order valence-corrected chi connectivity index (χ1v) is 9.20. The number of fused-ring (bicyclic) bond motifs is 1. The Balaban J connectivity index is 2.32. The van der Waals surface area contributed by atoms with Crippen molar-refractivity contribution in [2.75, 3.05) is 0 Å². The molecule has 0 aromatic heterocycles. The monoisotopic (exact) mass is 338 g/mol. The van der Waals surface area contributed by atoms with Crippen molar-refractivity contribution in [3.8, 4) is 0 Å². The van der Waals surface area contributed by atoms with Gasteiger partial charge in [-0.3, -0.25) is 0 Å². The Kier molecular flexibility index (Phi) is 4.91. The molecule has 0 fully saturated rings. The van der Waals surface area contributed by atoms with E-state index in [0.29, 0.717) is 6.04 Å². The first-order valence-electron chi connectivity index (χ1n) is 9.20.